The molecular weight excluding hydrogens is 266 g/mol. The van der Waals surface area contributed by atoms with Crippen LogP contribution >= 0.6 is 0 Å². The average Bonchev–Trinajstić information content (AvgIpc) is 2.84. The van der Waals surface area contributed by atoms with Gasteiger partial charge in [-0.3, -0.25) is 4.79 Å². The molecule has 0 spiro atoms. The van der Waals surface area contributed by atoms with Crippen LogP contribution < -0.4 is 15.8 Å². The number of ether oxygens (including phenoxy) is 1. The number of amides is 1. The number of hydrogen-bond acceptors (Lipinski definition) is 3. The molecule has 0 fully saturated rings. The van der Waals surface area contributed by atoms with Crippen molar-refractivity contribution in [3.63, 3.8) is 0 Å². The van der Waals surface area contributed by atoms with Crippen molar-refractivity contribution in [1.82, 2.24) is 5.32 Å². The predicted molar refractivity (Wildman–Crippen MR) is 70.1 cm³/mol. The SMILES string of the molecule is NC1C=CC(C(=O)NCc2ccc(OC(F)F)cc2)C1. The zero-order valence-corrected chi connectivity index (χ0v) is 10.8. The molecule has 2 unspecified atom stereocenters. The number of rotatable bonds is 5. The number of carbonyl (C=O) groups excluding carboxylic acids is 1. The van der Waals surface area contributed by atoms with Crippen LogP contribution in [-0.4, -0.2) is 18.6 Å². The van der Waals surface area contributed by atoms with Gasteiger partial charge in [0.25, 0.3) is 0 Å². The lowest BCUT2D eigenvalue weighted by molar-refractivity contribution is -0.123. The van der Waals surface area contributed by atoms with Crippen LogP contribution in [-0.2, 0) is 11.3 Å². The molecule has 2 atom stereocenters. The van der Waals surface area contributed by atoms with Crippen molar-refractivity contribution in [1.29, 1.82) is 0 Å². The predicted octanol–water partition coefficient (Wildman–Crippen LogP) is 1.81. The number of benzene rings is 1. The topological polar surface area (TPSA) is 64.4 Å². The standard InChI is InChI=1S/C14H16F2N2O2/c15-14(16)20-12-5-1-9(2-6-12)8-18-13(19)10-3-4-11(17)7-10/h1-6,10-11,14H,7-8,17H2,(H,18,19). The second-order valence-corrected chi connectivity index (χ2v) is 4.63. The van der Waals surface area contributed by atoms with Gasteiger partial charge in [0, 0.05) is 12.6 Å². The van der Waals surface area contributed by atoms with E-state index in [4.69, 9.17) is 5.73 Å². The Bertz CT molecular complexity index is 488. The van der Waals surface area contributed by atoms with E-state index in [2.05, 4.69) is 10.1 Å². The van der Waals surface area contributed by atoms with Crippen LogP contribution in [0.2, 0.25) is 0 Å². The van der Waals surface area contributed by atoms with Crippen molar-refractivity contribution in [3.05, 3.63) is 42.0 Å². The largest absolute Gasteiger partial charge is 0.435 e. The third-order valence-corrected chi connectivity index (χ3v) is 3.07. The number of hydrogen-bond donors (Lipinski definition) is 2. The molecular formula is C14H16F2N2O2. The van der Waals surface area contributed by atoms with Gasteiger partial charge in [-0.1, -0.05) is 24.3 Å². The van der Waals surface area contributed by atoms with Crippen LogP contribution in [0.3, 0.4) is 0 Å². The number of carbonyl (C=O) groups is 1. The molecule has 0 saturated heterocycles. The van der Waals surface area contributed by atoms with E-state index < -0.39 is 6.61 Å². The summed E-state index contributed by atoms with van der Waals surface area (Å²) in [4.78, 5) is 11.8. The van der Waals surface area contributed by atoms with Gasteiger partial charge in [0.15, 0.2) is 0 Å². The highest BCUT2D eigenvalue weighted by atomic mass is 19.3. The normalized spacial score (nSPS) is 21.2. The van der Waals surface area contributed by atoms with E-state index in [1.807, 2.05) is 6.08 Å². The first-order valence-electron chi connectivity index (χ1n) is 6.30. The monoisotopic (exact) mass is 282 g/mol. The summed E-state index contributed by atoms with van der Waals surface area (Å²) < 4.78 is 28.2. The van der Waals surface area contributed by atoms with Crippen LogP contribution in [0.25, 0.3) is 0 Å². The Morgan fingerprint density at radius 2 is 2.05 bits per heavy atom. The fourth-order valence-electron chi connectivity index (χ4n) is 2.03. The Morgan fingerprint density at radius 3 is 2.60 bits per heavy atom. The molecule has 108 valence electrons. The lowest BCUT2D eigenvalue weighted by Gasteiger charge is -2.11. The molecule has 0 radical (unpaired) electrons. The summed E-state index contributed by atoms with van der Waals surface area (Å²) in [6.07, 6.45) is 4.24. The molecule has 6 heteroatoms. The average molecular weight is 282 g/mol. The maximum Gasteiger partial charge on any atom is 0.387 e. The van der Waals surface area contributed by atoms with Gasteiger partial charge < -0.3 is 15.8 Å². The molecule has 1 amide bonds. The molecule has 4 nitrogen and oxygen atoms in total. The molecule has 0 aromatic heterocycles. The highest BCUT2D eigenvalue weighted by Gasteiger charge is 2.22. The molecule has 20 heavy (non-hydrogen) atoms. The number of nitrogens with one attached hydrogen (secondary N) is 1. The maximum absolute atomic E-state index is 12.0. The van der Waals surface area contributed by atoms with Gasteiger partial charge in [0.1, 0.15) is 5.75 Å². The Hall–Kier alpha value is -1.95. The van der Waals surface area contributed by atoms with Gasteiger partial charge in [-0.15, -0.1) is 0 Å². The van der Waals surface area contributed by atoms with E-state index >= 15 is 0 Å². The highest BCUT2D eigenvalue weighted by molar-refractivity contribution is 5.81. The lowest BCUT2D eigenvalue weighted by atomic mass is 10.1. The van der Waals surface area contributed by atoms with Crippen molar-refractivity contribution in [2.45, 2.75) is 25.6 Å². The van der Waals surface area contributed by atoms with Gasteiger partial charge in [-0.2, -0.15) is 8.78 Å². The number of nitrogens with two attached hydrogens (primary N) is 1. The Morgan fingerprint density at radius 1 is 1.35 bits per heavy atom. The van der Waals surface area contributed by atoms with E-state index in [0.717, 1.165) is 5.56 Å². The van der Waals surface area contributed by atoms with E-state index in [1.165, 1.54) is 12.1 Å². The minimum atomic E-state index is -2.83. The molecule has 0 heterocycles. The Labute approximate surface area is 115 Å². The quantitative estimate of drug-likeness (QED) is 0.809. The summed E-state index contributed by atoms with van der Waals surface area (Å²) in [6.45, 7) is -2.49. The summed E-state index contributed by atoms with van der Waals surface area (Å²) in [7, 11) is 0. The molecule has 2 rings (SSSR count). The zero-order valence-electron chi connectivity index (χ0n) is 10.8. The molecule has 0 aliphatic heterocycles. The van der Waals surface area contributed by atoms with E-state index in [1.54, 1.807) is 18.2 Å². The summed E-state index contributed by atoms with van der Waals surface area (Å²) in [5.74, 6) is -0.173. The van der Waals surface area contributed by atoms with Crippen LogP contribution in [0, 0.1) is 5.92 Å². The Balaban J connectivity index is 1.82. The van der Waals surface area contributed by atoms with Crippen LogP contribution in [0.4, 0.5) is 8.78 Å². The van der Waals surface area contributed by atoms with Crippen molar-refractivity contribution >= 4 is 5.91 Å². The fourth-order valence-corrected chi connectivity index (χ4v) is 2.03. The molecule has 3 N–H and O–H groups in total. The molecule has 1 aromatic carbocycles. The van der Waals surface area contributed by atoms with Gasteiger partial charge >= 0.3 is 6.61 Å². The number of alkyl halides is 2. The summed E-state index contributed by atoms with van der Waals surface area (Å²) >= 11 is 0. The second-order valence-electron chi connectivity index (χ2n) is 4.63. The first-order chi connectivity index (χ1) is 9.54. The summed E-state index contributed by atoms with van der Waals surface area (Å²) in [6, 6.07) is 6.09. The highest BCUT2D eigenvalue weighted by Crippen LogP contribution is 2.17. The smallest absolute Gasteiger partial charge is 0.387 e. The van der Waals surface area contributed by atoms with E-state index in [9.17, 15) is 13.6 Å². The van der Waals surface area contributed by atoms with Gasteiger partial charge in [-0.05, 0) is 24.1 Å². The second kappa shape index (κ2) is 6.47. The van der Waals surface area contributed by atoms with Crippen LogP contribution in [0.15, 0.2) is 36.4 Å². The minimum absolute atomic E-state index is 0.0588. The minimum Gasteiger partial charge on any atom is -0.435 e. The van der Waals surface area contributed by atoms with Gasteiger partial charge in [0.2, 0.25) is 5.91 Å². The Kier molecular flexibility index (Phi) is 4.68. The molecule has 1 aromatic rings. The number of halogens is 2. The van der Waals surface area contributed by atoms with Crippen LogP contribution in [0.1, 0.15) is 12.0 Å². The van der Waals surface area contributed by atoms with E-state index in [0.29, 0.717) is 13.0 Å². The van der Waals surface area contributed by atoms with Crippen molar-refractivity contribution in [2.75, 3.05) is 0 Å². The van der Waals surface area contributed by atoms with Crippen molar-refractivity contribution in [3.8, 4) is 5.75 Å². The zero-order chi connectivity index (χ0) is 14.5. The third-order valence-electron chi connectivity index (χ3n) is 3.07. The fraction of sp³-hybridized carbons (Fsp3) is 0.357. The molecule has 0 saturated carbocycles. The van der Waals surface area contributed by atoms with Crippen molar-refractivity contribution in [2.24, 2.45) is 11.7 Å². The molecule has 1 aliphatic rings. The van der Waals surface area contributed by atoms with Crippen molar-refractivity contribution < 1.29 is 18.3 Å². The molecule has 0 bridgehead atoms. The summed E-state index contributed by atoms with van der Waals surface area (Å²) in [5, 5.41) is 2.79. The van der Waals surface area contributed by atoms with Gasteiger partial charge in [-0.25, -0.2) is 0 Å². The van der Waals surface area contributed by atoms with E-state index in [-0.39, 0.29) is 23.6 Å². The van der Waals surface area contributed by atoms with Gasteiger partial charge in [0.05, 0.1) is 5.92 Å². The maximum atomic E-state index is 12.0. The lowest BCUT2D eigenvalue weighted by Crippen LogP contribution is -2.30. The first-order valence-corrected chi connectivity index (χ1v) is 6.30. The first kappa shape index (κ1) is 14.5. The summed E-state index contributed by atoms with van der Waals surface area (Å²) in [5.41, 5.74) is 6.50. The third kappa shape index (κ3) is 4.03. The van der Waals surface area contributed by atoms with Crippen LogP contribution in [0.5, 0.6) is 5.75 Å². The molecule has 1 aliphatic carbocycles.